The van der Waals surface area contributed by atoms with Crippen molar-refractivity contribution in [2.45, 2.75) is 213 Å². The molecule has 6 heteroatoms. The molecule has 0 amide bonds. The molecule has 0 aliphatic carbocycles. The summed E-state index contributed by atoms with van der Waals surface area (Å²) >= 11 is 0. The second-order valence-corrected chi connectivity index (χ2v) is 12.9. The smallest absolute Gasteiger partial charge is 0.306 e. The number of hydrogen-bond acceptors (Lipinski definition) is 4. The lowest BCUT2D eigenvalue weighted by atomic mass is 9.94. The van der Waals surface area contributed by atoms with E-state index in [1.165, 1.54) is 148 Å². The average Bonchev–Trinajstić information content (AvgIpc) is 2.99. The third kappa shape index (κ3) is 38.8. The van der Waals surface area contributed by atoms with Gasteiger partial charge in [0.1, 0.15) is 0 Å². The summed E-state index contributed by atoms with van der Waals surface area (Å²) in [7, 11) is 0. The van der Waals surface area contributed by atoms with Gasteiger partial charge in [-0.1, -0.05) is 181 Å². The molecule has 0 spiro atoms. The van der Waals surface area contributed by atoms with Crippen molar-refractivity contribution in [1.82, 2.24) is 0 Å². The van der Waals surface area contributed by atoms with Crippen LogP contribution in [0.4, 0.5) is 0 Å². The van der Waals surface area contributed by atoms with Gasteiger partial charge in [-0.05, 0) is 19.3 Å². The Hall–Kier alpha value is -1.14. The minimum atomic E-state index is -0.909. The van der Waals surface area contributed by atoms with Crippen molar-refractivity contribution in [3.8, 4) is 0 Å². The van der Waals surface area contributed by atoms with E-state index in [1.54, 1.807) is 0 Å². The van der Waals surface area contributed by atoms with Crippen LogP contribution in [-0.4, -0.2) is 45.1 Å². The van der Waals surface area contributed by atoms with E-state index in [-0.39, 0.29) is 13.0 Å². The zero-order chi connectivity index (χ0) is 32.2. The average molecular weight is 615 g/mol. The molecule has 2 atom stereocenters. The minimum absolute atomic E-state index is 0.157. The second kappa shape index (κ2) is 37.0. The monoisotopic (exact) mass is 615 g/mol. The van der Waals surface area contributed by atoms with Gasteiger partial charge in [0.05, 0.1) is 18.6 Å². The van der Waals surface area contributed by atoms with E-state index < -0.39 is 24.0 Å². The van der Waals surface area contributed by atoms with E-state index in [9.17, 15) is 14.7 Å². The number of aliphatic hydroxyl groups is 2. The van der Waals surface area contributed by atoms with Crippen molar-refractivity contribution >= 4 is 11.9 Å². The quantitative estimate of drug-likeness (QED) is 0.0547. The number of rotatable bonds is 33. The van der Waals surface area contributed by atoms with Crippen molar-refractivity contribution < 1.29 is 30.0 Å². The molecule has 0 aromatic carbocycles. The summed E-state index contributed by atoms with van der Waals surface area (Å²) in [6.07, 6.45) is 35.2. The lowest BCUT2D eigenvalue weighted by molar-refractivity contribution is -0.143. The molecule has 0 heterocycles. The summed E-state index contributed by atoms with van der Waals surface area (Å²) in [5.41, 5.74) is 0. The minimum Gasteiger partial charge on any atom is -0.481 e. The Balaban J connectivity index is 0. The van der Waals surface area contributed by atoms with Crippen LogP contribution in [0.3, 0.4) is 0 Å². The Morgan fingerprint density at radius 1 is 0.488 bits per heavy atom. The first-order valence-corrected chi connectivity index (χ1v) is 18.6. The molecule has 0 saturated carbocycles. The Labute approximate surface area is 266 Å². The van der Waals surface area contributed by atoms with E-state index in [2.05, 4.69) is 13.8 Å². The number of carboxylic acid groups (broad SMARTS) is 2. The molecule has 0 radical (unpaired) electrons. The molecule has 0 fully saturated rings. The molecule has 4 N–H and O–H groups in total. The summed E-state index contributed by atoms with van der Waals surface area (Å²) in [6, 6.07) is 0. The van der Waals surface area contributed by atoms with Crippen LogP contribution < -0.4 is 0 Å². The number of unbranched alkanes of at least 4 members (excludes halogenated alkanes) is 25. The fraction of sp³-hybridized carbons (Fsp3) is 0.946. The fourth-order valence-corrected chi connectivity index (χ4v) is 5.62. The van der Waals surface area contributed by atoms with Gasteiger partial charge in [-0.25, -0.2) is 0 Å². The first-order valence-electron chi connectivity index (χ1n) is 18.6. The normalized spacial score (nSPS) is 12.5. The maximum Gasteiger partial charge on any atom is 0.306 e. The first kappa shape index (κ1) is 44.0. The third-order valence-electron chi connectivity index (χ3n) is 8.52. The molecular weight excluding hydrogens is 540 g/mol. The summed E-state index contributed by atoms with van der Waals surface area (Å²) in [6.45, 7) is 4.15. The van der Waals surface area contributed by atoms with Crippen molar-refractivity contribution in [1.29, 1.82) is 0 Å². The molecule has 0 aromatic heterocycles. The standard InChI is InChI=1S/C19H38O4.C18H36O2/c1-2-3-4-5-6-7-8-9-10-11-12-13-14-17(19(22)23)15-18(21)16-20;1-2-3-4-5-6-7-8-9-10-11-12-13-14-15-16-17-18(19)20/h17-18,20-21H,2-16H2,1H3,(H,22,23);2-17H2,1H3,(H,19,20). The van der Waals surface area contributed by atoms with Crippen LogP contribution in [0.1, 0.15) is 206 Å². The van der Waals surface area contributed by atoms with Gasteiger partial charge in [0, 0.05) is 6.42 Å². The molecular formula is C37H74O6. The van der Waals surface area contributed by atoms with E-state index in [0.717, 1.165) is 25.7 Å². The molecule has 0 rings (SSSR count). The van der Waals surface area contributed by atoms with Crippen molar-refractivity contribution in [2.75, 3.05) is 6.61 Å². The lowest BCUT2D eigenvalue weighted by Gasteiger charge is -2.15. The Morgan fingerprint density at radius 2 is 0.791 bits per heavy atom. The largest absolute Gasteiger partial charge is 0.481 e. The fourth-order valence-electron chi connectivity index (χ4n) is 5.62. The summed E-state index contributed by atoms with van der Waals surface area (Å²) in [4.78, 5) is 21.4. The summed E-state index contributed by atoms with van der Waals surface area (Å²) in [5.74, 6) is -2.04. The number of hydrogen-bond donors (Lipinski definition) is 4. The summed E-state index contributed by atoms with van der Waals surface area (Å²) in [5, 5.41) is 35.8. The van der Waals surface area contributed by atoms with Crippen LogP contribution in [0.25, 0.3) is 0 Å². The van der Waals surface area contributed by atoms with Crippen molar-refractivity contribution in [3.05, 3.63) is 0 Å². The molecule has 0 aliphatic rings. The van der Waals surface area contributed by atoms with Crippen molar-refractivity contribution in [3.63, 3.8) is 0 Å². The number of aliphatic carboxylic acids is 2. The molecule has 6 nitrogen and oxygen atoms in total. The number of carbonyl (C=O) groups is 2. The lowest BCUT2D eigenvalue weighted by Crippen LogP contribution is -2.23. The predicted molar refractivity (Wildman–Crippen MR) is 182 cm³/mol. The maximum atomic E-state index is 11.1. The van der Waals surface area contributed by atoms with Gasteiger partial charge in [0.2, 0.25) is 0 Å². The van der Waals surface area contributed by atoms with Gasteiger partial charge in [0.15, 0.2) is 0 Å². The second-order valence-electron chi connectivity index (χ2n) is 12.9. The van der Waals surface area contributed by atoms with Crippen LogP contribution in [0.15, 0.2) is 0 Å². The van der Waals surface area contributed by atoms with Crippen LogP contribution in [0, 0.1) is 5.92 Å². The molecule has 43 heavy (non-hydrogen) atoms. The molecule has 0 saturated heterocycles. The number of carboxylic acids is 2. The molecule has 0 aromatic rings. The zero-order valence-electron chi connectivity index (χ0n) is 28.7. The Bertz CT molecular complexity index is 567. The predicted octanol–water partition coefficient (Wildman–Crippen LogP) is 10.9. The highest BCUT2D eigenvalue weighted by molar-refractivity contribution is 5.69. The van der Waals surface area contributed by atoms with E-state index in [4.69, 9.17) is 15.3 Å². The van der Waals surface area contributed by atoms with Crippen LogP contribution in [0.5, 0.6) is 0 Å². The number of aliphatic hydroxyl groups excluding tert-OH is 2. The first-order chi connectivity index (χ1) is 20.9. The third-order valence-corrected chi connectivity index (χ3v) is 8.52. The topological polar surface area (TPSA) is 115 Å². The van der Waals surface area contributed by atoms with Gasteiger partial charge in [-0.3, -0.25) is 9.59 Å². The SMILES string of the molecule is CCCCCCCCCCCCCCC(CC(O)CO)C(=O)O.CCCCCCCCCCCCCCCCCC(=O)O. The van der Waals surface area contributed by atoms with E-state index in [1.807, 2.05) is 0 Å². The molecule has 0 aliphatic heterocycles. The van der Waals surface area contributed by atoms with Gasteiger partial charge < -0.3 is 20.4 Å². The van der Waals surface area contributed by atoms with E-state index in [0.29, 0.717) is 12.8 Å². The molecule has 0 bridgehead atoms. The molecule has 2 unspecified atom stereocenters. The Kier molecular flexibility index (Phi) is 37.9. The van der Waals surface area contributed by atoms with Gasteiger partial charge in [-0.15, -0.1) is 0 Å². The maximum absolute atomic E-state index is 11.1. The van der Waals surface area contributed by atoms with Gasteiger partial charge >= 0.3 is 11.9 Å². The van der Waals surface area contributed by atoms with Crippen LogP contribution in [0.2, 0.25) is 0 Å². The summed E-state index contributed by atoms with van der Waals surface area (Å²) < 4.78 is 0. The van der Waals surface area contributed by atoms with Crippen LogP contribution in [-0.2, 0) is 9.59 Å². The highest BCUT2D eigenvalue weighted by Crippen LogP contribution is 2.18. The Morgan fingerprint density at radius 3 is 1.07 bits per heavy atom. The van der Waals surface area contributed by atoms with Crippen LogP contribution >= 0.6 is 0 Å². The zero-order valence-corrected chi connectivity index (χ0v) is 28.7. The van der Waals surface area contributed by atoms with Gasteiger partial charge in [-0.2, -0.15) is 0 Å². The van der Waals surface area contributed by atoms with E-state index >= 15 is 0 Å². The molecule has 258 valence electrons. The highest BCUT2D eigenvalue weighted by Gasteiger charge is 2.20. The highest BCUT2D eigenvalue weighted by atomic mass is 16.4. The van der Waals surface area contributed by atoms with Gasteiger partial charge in [0.25, 0.3) is 0 Å². The van der Waals surface area contributed by atoms with Crippen molar-refractivity contribution in [2.24, 2.45) is 5.92 Å².